The second-order valence-corrected chi connectivity index (χ2v) is 3.77. The van der Waals surface area contributed by atoms with E-state index in [4.69, 9.17) is 5.73 Å². The number of hydrogen-bond acceptors (Lipinski definition) is 2. The predicted molar refractivity (Wildman–Crippen MR) is 62.2 cm³/mol. The maximum absolute atomic E-state index is 5.88. The van der Waals surface area contributed by atoms with Gasteiger partial charge in [-0.3, -0.25) is 0 Å². The summed E-state index contributed by atoms with van der Waals surface area (Å²) < 4.78 is 0. The van der Waals surface area contributed by atoms with Crippen LogP contribution in [0, 0.1) is 0 Å². The lowest BCUT2D eigenvalue weighted by molar-refractivity contribution is 1.16. The number of anilines is 2. The third kappa shape index (κ3) is 2.08. The number of benzene rings is 1. The summed E-state index contributed by atoms with van der Waals surface area (Å²) in [7, 11) is 0. The molecular weight excluding hydrogens is 172 g/mol. The summed E-state index contributed by atoms with van der Waals surface area (Å²) in [6.45, 7) is 2.02. The Balaban J connectivity index is 2.21. The van der Waals surface area contributed by atoms with E-state index in [1.54, 1.807) is 0 Å². The summed E-state index contributed by atoms with van der Waals surface area (Å²) in [5.74, 6) is 0. The lowest BCUT2D eigenvalue weighted by Gasteiger charge is -2.08. The number of rotatable bonds is 3. The van der Waals surface area contributed by atoms with Crippen molar-refractivity contribution in [2.75, 3.05) is 11.1 Å². The Morgan fingerprint density at radius 1 is 1.43 bits per heavy atom. The molecule has 0 amide bonds. The van der Waals surface area contributed by atoms with Crippen LogP contribution >= 0.6 is 0 Å². The summed E-state index contributed by atoms with van der Waals surface area (Å²) in [5.41, 5.74) is 8.98. The van der Waals surface area contributed by atoms with Gasteiger partial charge in [-0.2, -0.15) is 0 Å². The minimum atomic E-state index is 0.651. The summed E-state index contributed by atoms with van der Waals surface area (Å²) >= 11 is 0. The van der Waals surface area contributed by atoms with Gasteiger partial charge in [-0.05, 0) is 37.5 Å². The molecule has 0 spiro atoms. The molecule has 0 heterocycles. The van der Waals surface area contributed by atoms with E-state index in [-0.39, 0.29) is 0 Å². The summed E-state index contributed by atoms with van der Waals surface area (Å²) in [6.07, 6.45) is 6.66. The number of nitrogens with one attached hydrogen (secondary N) is 1. The maximum atomic E-state index is 5.88. The molecule has 1 aromatic rings. The van der Waals surface area contributed by atoms with E-state index in [1.807, 2.05) is 25.1 Å². The van der Waals surface area contributed by atoms with Gasteiger partial charge in [0.25, 0.3) is 0 Å². The van der Waals surface area contributed by atoms with Crippen molar-refractivity contribution in [2.24, 2.45) is 0 Å². The Morgan fingerprint density at radius 2 is 2.21 bits per heavy atom. The molecule has 2 rings (SSSR count). The monoisotopic (exact) mass is 188 g/mol. The highest BCUT2D eigenvalue weighted by molar-refractivity contribution is 5.71. The van der Waals surface area contributed by atoms with Crippen molar-refractivity contribution in [3.8, 4) is 0 Å². The topological polar surface area (TPSA) is 38.0 Å². The number of nitrogen functional groups attached to an aromatic ring is 1. The first kappa shape index (κ1) is 9.13. The number of hydrogen-bond donors (Lipinski definition) is 2. The van der Waals surface area contributed by atoms with Gasteiger partial charge in [-0.25, -0.2) is 0 Å². The Bertz CT molecular complexity index is 351. The van der Waals surface area contributed by atoms with Crippen molar-refractivity contribution in [1.29, 1.82) is 0 Å². The van der Waals surface area contributed by atoms with Crippen LogP contribution in [-0.4, -0.2) is 6.04 Å². The SMILES string of the molecule is C/C=C/c1ccc(N)c(NC2CC2)c1. The first-order chi connectivity index (χ1) is 6.79. The molecule has 1 aliphatic carbocycles. The molecule has 1 aliphatic rings. The predicted octanol–water partition coefficient (Wildman–Crippen LogP) is 2.88. The van der Waals surface area contributed by atoms with Crippen LogP contribution in [0.25, 0.3) is 6.08 Å². The average molecular weight is 188 g/mol. The highest BCUT2D eigenvalue weighted by atomic mass is 15.0. The fourth-order valence-electron chi connectivity index (χ4n) is 1.44. The molecule has 0 bridgehead atoms. The molecule has 2 nitrogen and oxygen atoms in total. The van der Waals surface area contributed by atoms with Crippen LogP contribution in [0.1, 0.15) is 25.3 Å². The molecule has 1 aromatic carbocycles. The van der Waals surface area contributed by atoms with Crippen molar-refractivity contribution in [2.45, 2.75) is 25.8 Å². The van der Waals surface area contributed by atoms with Gasteiger partial charge in [0.1, 0.15) is 0 Å². The zero-order chi connectivity index (χ0) is 9.97. The molecule has 2 heteroatoms. The fourth-order valence-corrected chi connectivity index (χ4v) is 1.44. The Morgan fingerprint density at radius 3 is 2.86 bits per heavy atom. The van der Waals surface area contributed by atoms with Crippen molar-refractivity contribution in [3.63, 3.8) is 0 Å². The van der Waals surface area contributed by atoms with Crippen LogP contribution in [0.3, 0.4) is 0 Å². The molecule has 0 radical (unpaired) electrons. The van der Waals surface area contributed by atoms with Gasteiger partial charge in [0.2, 0.25) is 0 Å². The van der Waals surface area contributed by atoms with E-state index in [0.717, 1.165) is 11.4 Å². The van der Waals surface area contributed by atoms with Crippen molar-refractivity contribution in [1.82, 2.24) is 0 Å². The molecule has 0 atom stereocenters. The van der Waals surface area contributed by atoms with E-state index in [1.165, 1.54) is 18.4 Å². The van der Waals surface area contributed by atoms with Crippen molar-refractivity contribution < 1.29 is 0 Å². The van der Waals surface area contributed by atoms with Crippen LogP contribution < -0.4 is 11.1 Å². The Labute approximate surface area is 84.8 Å². The van der Waals surface area contributed by atoms with E-state index in [0.29, 0.717) is 6.04 Å². The second kappa shape index (κ2) is 3.74. The molecule has 74 valence electrons. The minimum Gasteiger partial charge on any atom is -0.397 e. The van der Waals surface area contributed by atoms with Gasteiger partial charge in [0.15, 0.2) is 0 Å². The molecule has 0 unspecified atom stereocenters. The molecule has 14 heavy (non-hydrogen) atoms. The fraction of sp³-hybridized carbons (Fsp3) is 0.333. The lowest BCUT2D eigenvalue weighted by Crippen LogP contribution is -2.03. The highest BCUT2D eigenvalue weighted by Gasteiger charge is 2.21. The molecule has 0 aromatic heterocycles. The van der Waals surface area contributed by atoms with E-state index in [2.05, 4.69) is 17.5 Å². The standard InChI is InChI=1S/C12H16N2/c1-2-3-9-4-7-11(13)12(8-9)14-10-5-6-10/h2-4,7-8,10,14H,5-6,13H2,1H3/b3-2+. The van der Waals surface area contributed by atoms with Crippen LogP contribution in [-0.2, 0) is 0 Å². The van der Waals surface area contributed by atoms with Crippen LogP contribution in [0.15, 0.2) is 24.3 Å². The third-order valence-corrected chi connectivity index (χ3v) is 2.37. The van der Waals surface area contributed by atoms with E-state index in [9.17, 15) is 0 Å². The number of allylic oxidation sites excluding steroid dienone is 1. The second-order valence-electron chi connectivity index (χ2n) is 3.77. The normalized spacial score (nSPS) is 16.1. The van der Waals surface area contributed by atoms with Crippen LogP contribution in [0.4, 0.5) is 11.4 Å². The zero-order valence-electron chi connectivity index (χ0n) is 8.46. The van der Waals surface area contributed by atoms with Gasteiger partial charge in [-0.1, -0.05) is 18.2 Å². The van der Waals surface area contributed by atoms with Gasteiger partial charge < -0.3 is 11.1 Å². The Kier molecular flexibility index (Phi) is 2.44. The smallest absolute Gasteiger partial charge is 0.0582 e. The van der Waals surface area contributed by atoms with Crippen molar-refractivity contribution in [3.05, 3.63) is 29.8 Å². The average Bonchev–Trinajstić information content (AvgIpc) is 2.95. The molecule has 3 N–H and O–H groups in total. The summed E-state index contributed by atoms with van der Waals surface area (Å²) in [4.78, 5) is 0. The molecule has 1 fully saturated rings. The van der Waals surface area contributed by atoms with Gasteiger partial charge in [0, 0.05) is 6.04 Å². The first-order valence-corrected chi connectivity index (χ1v) is 5.08. The zero-order valence-corrected chi connectivity index (χ0v) is 8.46. The van der Waals surface area contributed by atoms with E-state index < -0.39 is 0 Å². The van der Waals surface area contributed by atoms with E-state index >= 15 is 0 Å². The molecular formula is C12H16N2. The van der Waals surface area contributed by atoms with Crippen LogP contribution in [0.5, 0.6) is 0 Å². The highest BCUT2D eigenvalue weighted by Crippen LogP contribution is 2.28. The third-order valence-electron chi connectivity index (χ3n) is 2.37. The minimum absolute atomic E-state index is 0.651. The maximum Gasteiger partial charge on any atom is 0.0582 e. The van der Waals surface area contributed by atoms with Gasteiger partial charge in [-0.15, -0.1) is 0 Å². The quantitative estimate of drug-likeness (QED) is 0.716. The summed E-state index contributed by atoms with van der Waals surface area (Å²) in [6, 6.07) is 6.75. The van der Waals surface area contributed by atoms with Crippen LogP contribution in [0.2, 0.25) is 0 Å². The number of nitrogens with two attached hydrogens (primary N) is 1. The Hall–Kier alpha value is -1.44. The largest absolute Gasteiger partial charge is 0.397 e. The van der Waals surface area contributed by atoms with Gasteiger partial charge in [0.05, 0.1) is 11.4 Å². The summed E-state index contributed by atoms with van der Waals surface area (Å²) in [5, 5.41) is 3.42. The molecule has 0 saturated heterocycles. The lowest BCUT2D eigenvalue weighted by atomic mass is 10.1. The molecule has 1 saturated carbocycles. The van der Waals surface area contributed by atoms with Crippen molar-refractivity contribution >= 4 is 17.5 Å². The van der Waals surface area contributed by atoms with Gasteiger partial charge >= 0.3 is 0 Å². The first-order valence-electron chi connectivity index (χ1n) is 5.08. The molecule has 0 aliphatic heterocycles.